The van der Waals surface area contributed by atoms with Gasteiger partial charge in [-0.05, 0) is 24.3 Å². The maximum atomic E-state index is 12.4. The fraction of sp³-hybridized carbons (Fsp3) is 0.630. The van der Waals surface area contributed by atoms with Crippen LogP contribution >= 0.6 is 34.9 Å². The Morgan fingerprint density at radius 1 is 0.972 bits per heavy atom. The fourth-order valence-corrected chi connectivity index (χ4v) is 6.90. The zero-order valence-corrected chi connectivity index (χ0v) is 23.8. The Kier molecular flexibility index (Phi) is 13.3. The van der Waals surface area contributed by atoms with Gasteiger partial charge in [-0.25, -0.2) is 4.98 Å². The first-order valence-electron chi connectivity index (χ1n) is 13.2. The topological polar surface area (TPSA) is 82.9 Å². The van der Waals surface area contributed by atoms with E-state index in [2.05, 4.69) is 11.9 Å². The molecule has 1 fully saturated rings. The normalized spacial score (nSPS) is 13.9. The number of carbonyl (C=O) groups is 1. The molecule has 0 aliphatic carbocycles. The molecule has 36 heavy (non-hydrogen) atoms. The summed E-state index contributed by atoms with van der Waals surface area (Å²) in [5.41, 5.74) is 0.728. The third kappa shape index (κ3) is 10.1. The third-order valence-electron chi connectivity index (χ3n) is 6.22. The lowest BCUT2D eigenvalue weighted by atomic mass is 10.1. The summed E-state index contributed by atoms with van der Waals surface area (Å²) < 4.78 is 6.04. The molecule has 2 heterocycles. The molecular weight excluding hydrogens is 513 g/mol. The van der Waals surface area contributed by atoms with E-state index in [1.807, 2.05) is 10.3 Å². The average molecular weight is 553 g/mol. The number of hydrogen-bond acceptors (Lipinski definition) is 8. The van der Waals surface area contributed by atoms with Crippen LogP contribution in [0, 0.1) is 0 Å². The summed E-state index contributed by atoms with van der Waals surface area (Å²) in [7, 11) is 0. The van der Waals surface area contributed by atoms with E-state index in [4.69, 9.17) is 4.74 Å². The minimum Gasteiger partial charge on any atom is -0.507 e. The molecule has 1 aliphatic rings. The van der Waals surface area contributed by atoms with Crippen molar-refractivity contribution < 1.29 is 19.7 Å². The Bertz CT molecular complexity index is 932. The summed E-state index contributed by atoms with van der Waals surface area (Å²) in [4.78, 5) is 20.1. The molecule has 0 radical (unpaired) electrons. The summed E-state index contributed by atoms with van der Waals surface area (Å²) in [6, 6.07) is 3.26. The lowest BCUT2D eigenvalue weighted by Gasteiger charge is -2.26. The van der Waals surface area contributed by atoms with Crippen molar-refractivity contribution in [2.75, 3.05) is 32.1 Å². The number of phenolic OH excluding ortho intramolecular Hbond substituents is 2. The molecule has 0 unspecified atom stereocenters. The van der Waals surface area contributed by atoms with Crippen molar-refractivity contribution in [2.24, 2.45) is 0 Å². The zero-order chi connectivity index (χ0) is 25.6. The van der Waals surface area contributed by atoms with E-state index in [-0.39, 0.29) is 23.8 Å². The molecule has 1 saturated heterocycles. The van der Waals surface area contributed by atoms with Gasteiger partial charge in [0.2, 0.25) is 5.91 Å². The van der Waals surface area contributed by atoms with Gasteiger partial charge in [0.05, 0.1) is 35.1 Å². The van der Waals surface area contributed by atoms with Gasteiger partial charge in [0.15, 0.2) is 4.34 Å². The van der Waals surface area contributed by atoms with Gasteiger partial charge in [0.25, 0.3) is 0 Å². The smallest absolute Gasteiger partial charge is 0.228 e. The van der Waals surface area contributed by atoms with E-state index in [0.717, 1.165) is 22.2 Å². The van der Waals surface area contributed by atoms with E-state index in [9.17, 15) is 15.0 Å². The number of thioether (sulfide) groups is 1. The molecule has 9 heteroatoms. The van der Waals surface area contributed by atoms with Crippen molar-refractivity contribution in [3.63, 3.8) is 0 Å². The van der Waals surface area contributed by atoms with Crippen LogP contribution in [-0.2, 0) is 16.0 Å². The molecule has 0 saturated carbocycles. The number of thiazole rings is 1. The molecule has 1 aliphatic heterocycles. The Balaban J connectivity index is 1.37. The van der Waals surface area contributed by atoms with E-state index in [1.54, 1.807) is 23.9 Å². The first-order valence-corrected chi connectivity index (χ1v) is 15.9. The molecule has 3 rings (SSSR count). The number of nitrogens with zero attached hydrogens (tertiary/aromatic N) is 2. The van der Waals surface area contributed by atoms with Crippen LogP contribution in [-0.4, -0.2) is 58.1 Å². The van der Waals surface area contributed by atoms with Crippen LogP contribution in [0.2, 0.25) is 0 Å². The number of morpholine rings is 1. The summed E-state index contributed by atoms with van der Waals surface area (Å²) >= 11 is 4.34. The highest BCUT2D eigenvalue weighted by atomic mass is 32.2. The third-order valence-corrected chi connectivity index (χ3v) is 9.39. The van der Waals surface area contributed by atoms with Gasteiger partial charge < -0.3 is 19.8 Å². The molecule has 200 valence electrons. The number of rotatable bonds is 16. The molecule has 0 spiro atoms. The van der Waals surface area contributed by atoms with Gasteiger partial charge in [0, 0.05) is 18.5 Å². The summed E-state index contributed by atoms with van der Waals surface area (Å²) in [6.45, 7) is 4.67. The minimum absolute atomic E-state index is 0.0597. The van der Waals surface area contributed by atoms with Gasteiger partial charge in [-0.2, -0.15) is 0 Å². The van der Waals surface area contributed by atoms with Crippen LogP contribution in [0.4, 0.5) is 0 Å². The molecule has 1 amide bonds. The van der Waals surface area contributed by atoms with E-state index < -0.39 is 0 Å². The van der Waals surface area contributed by atoms with E-state index >= 15 is 0 Å². The first-order chi connectivity index (χ1) is 17.6. The number of aromatic nitrogens is 1. The summed E-state index contributed by atoms with van der Waals surface area (Å²) in [6.07, 6.45) is 13.3. The van der Waals surface area contributed by atoms with Gasteiger partial charge in [-0.1, -0.05) is 76.5 Å². The number of hydrogen-bond donors (Lipinski definition) is 2. The Morgan fingerprint density at radius 3 is 2.28 bits per heavy atom. The first kappa shape index (κ1) is 29.1. The Morgan fingerprint density at radius 2 is 1.58 bits per heavy atom. The van der Waals surface area contributed by atoms with Crippen molar-refractivity contribution in [1.82, 2.24) is 9.88 Å². The molecule has 2 N–H and O–H groups in total. The summed E-state index contributed by atoms with van der Waals surface area (Å²) in [5, 5.41) is 22.9. The number of benzene rings is 1. The number of amides is 1. The van der Waals surface area contributed by atoms with Crippen LogP contribution in [0.5, 0.6) is 11.5 Å². The highest BCUT2D eigenvalue weighted by Crippen LogP contribution is 2.42. The number of unbranched alkanes of at least 4 members (excludes halogenated alkanes) is 9. The maximum absolute atomic E-state index is 12.4. The van der Waals surface area contributed by atoms with Gasteiger partial charge >= 0.3 is 0 Å². The van der Waals surface area contributed by atoms with E-state index in [1.165, 1.54) is 80.9 Å². The quantitative estimate of drug-likeness (QED) is 0.130. The monoisotopic (exact) mass is 552 g/mol. The fourth-order valence-electron chi connectivity index (χ4n) is 4.10. The van der Waals surface area contributed by atoms with Crippen molar-refractivity contribution in [3.8, 4) is 11.5 Å². The number of phenols is 2. The Hall–Kier alpha value is -1.42. The second-order valence-electron chi connectivity index (χ2n) is 9.19. The average Bonchev–Trinajstić information content (AvgIpc) is 3.32. The zero-order valence-electron chi connectivity index (χ0n) is 21.4. The predicted octanol–water partition coefficient (Wildman–Crippen LogP) is 7.12. The minimum atomic E-state index is 0.0597. The molecule has 1 aromatic carbocycles. The lowest BCUT2D eigenvalue weighted by molar-refractivity contribution is -0.134. The second-order valence-corrected chi connectivity index (χ2v) is 12.5. The van der Waals surface area contributed by atoms with Crippen LogP contribution in [0.3, 0.4) is 0 Å². The molecular formula is C27H40N2O4S3. The standard InChI is InChI=1S/C27H40N2O4S3/c1-2-3-4-5-6-7-8-9-10-11-16-34-24-18-23(31)25(19-22(24)30)36-27-28-21(20-35-27)17-26(32)29-12-14-33-15-13-29/h18-20,30-31H,2-17H2,1H3. The number of aromatic hydroxyl groups is 2. The molecule has 1 aromatic heterocycles. The largest absolute Gasteiger partial charge is 0.507 e. The molecule has 6 nitrogen and oxygen atoms in total. The summed E-state index contributed by atoms with van der Waals surface area (Å²) in [5.74, 6) is 1.32. The molecule has 0 bridgehead atoms. The predicted molar refractivity (Wildman–Crippen MR) is 150 cm³/mol. The SMILES string of the molecule is CCCCCCCCCCCCSc1cc(O)c(Sc2nc(CC(=O)N3CCOCC3)cs2)cc1O. The van der Waals surface area contributed by atoms with Crippen molar-refractivity contribution in [3.05, 3.63) is 23.2 Å². The number of carbonyl (C=O) groups excluding carboxylic acids is 1. The van der Waals surface area contributed by atoms with Crippen molar-refractivity contribution >= 4 is 40.8 Å². The van der Waals surface area contributed by atoms with Crippen molar-refractivity contribution in [1.29, 1.82) is 0 Å². The van der Waals surface area contributed by atoms with E-state index in [0.29, 0.717) is 36.1 Å². The maximum Gasteiger partial charge on any atom is 0.228 e. The van der Waals surface area contributed by atoms with Gasteiger partial charge in [-0.3, -0.25) is 4.79 Å². The van der Waals surface area contributed by atoms with Crippen molar-refractivity contribution in [2.45, 2.75) is 91.7 Å². The van der Waals surface area contributed by atoms with Crippen LogP contribution < -0.4 is 0 Å². The molecule has 2 aromatic rings. The second kappa shape index (κ2) is 16.4. The number of ether oxygens (including phenoxy) is 1. The highest BCUT2D eigenvalue weighted by molar-refractivity contribution is 8.01. The van der Waals surface area contributed by atoms with Crippen LogP contribution in [0.1, 0.15) is 76.8 Å². The van der Waals surface area contributed by atoms with Crippen LogP contribution in [0.25, 0.3) is 0 Å². The highest BCUT2D eigenvalue weighted by Gasteiger charge is 2.19. The van der Waals surface area contributed by atoms with Gasteiger partial charge in [0.1, 0.15) is 11.5 Å². The Labute approximate surface area is 228 Å². The molecule has 0 atom stereocenters. The van der Waals surface area contributed by atoms with Gasteiger partial charge in [-0.15, -0.1) is 23.1 Å². The lowest BCUT2D eigenvalue weighted by Crippen LogP contribution is -2.41. The van der Waals surface area contributed by atoms with Crippen LogP contribution in [0.15, 0.2) is 31.6 Å².